The highest BCUT2D eigenvalue weighted by Gasteiger charge is 1.99. The minimum Gasteiger partial charge on any atom is -0.394 e. The standard InChI is InChI=1S/C9H17N3O2S/c10-2-1-8-7-15-9(12-8)11-3-5-14-6-4-13/h7,13H,1-6,10H2,(H,11,12). The van der Waals surface area contributed by atoms with E-state index < -0.39 is 0 Å². The quantitative estimate of drug-likeness (QED) is 0.551. The van der Waals surface area contributed by atoms with Crippen molar-refractivity contribution >= 4 is 16.5 Å². The fourth-order valence-electron chi connectivity index (χ4n) is 1.05. The van der Waals surface area contributed by atoms with Crippen LogP contribution in [0.1, 0.15) is 5.69 Å². The molecular formula is C9H17N3O2S. The first kappa shape index (κ1) is 12.4. The fourth-order valence-corrected chi connectivity index (χ4v) is 1.82. The van der Waals surface area contributed by atoms with Crippen molar-refractivity contribution in [2.24, 2.45) is 5.73 Å². The van der Waals surface area contributed by atoms with Crippen LogP contribution in [-0.4, -0.2) is 43.0 Å². The van der Waals surface area contributed by atoms with Crippen molar-refractivity contribution in [3.63, 3.8) is 0 Å². The Kier molecular flexibility index (Phi) is 6.26. The Morgan fingerprint density at radius 1 is 1.53 bits per heavy atom. The molecule has 15 heavy (non-hydrogen) atoms. The molecule has 0 bridgehead atoms. The van der Waals surface area contributed by atoms with Gasteiger partial charge in [-0.15, -0.1) is 11.3 Å². The van der Waals surface area contributed by atoms with Gasteiger partial charge in [-0.3, -0.25) is 0 Å². The molecule has 0 unspecified atom stereocenters. The van der Waals surface area contributed by atoms with Crippen LogP contribution in [0.2, 0.25) is 0 Å². The lowest BCUT2D eigenvalue weighted by Crippen LogP contribution is -2.11. The highest BCUT2D eigenvalue weighted by Crippen LogP contribution is 2.14. The number of aliphatic hydroxyl groups excluding tert-OH is 1. The number of nitrogens with two attached hydrogens (primary N) is 1. The zero-order valence-electron chi connectivity index (χ0n) is 8.61. The second kappa shape index (κ2) is 7.58. The van der Waals surface area contributed by atoms with Crippen molar-refractivity contribution in [3.05, 3.63) is 11.1 Å². The molecule has 5 nitrogen and oxygen atoms in total. The van der Waals surface area contributed by atoms with E-state index in [2.05, 4.69) is 10.3 Å². The molecule has 1 aromatic rings. The van der Waals surface area contributed by atoms with E-state index in [1.807, 2.05) is 5.38 Å². The molecule has 0 aliphatic heterocycles. The summed E-state index contributed by atoms with van der Waals surface area (Å²) in [7, 11) is 0. The van der Waals surface area contributed by atoms with Gasteiger partial charge in [0.2, 0.25) is 0 Å². The highest BCUT2D eigenvalue weighted by atomic mass is 32.1. The number of nitrogens with zero attached hydrogens (tertiary/aromatic N) is 1. The average molecular weight is 231 g/mol. The van der Waals surface area contributed by atoms with Gasteiger partial charge in [-0.1, -0.05) is 0 Å². The second-order valence-electron chi connectivity index (χ2n) is 2.95. The molecule has 0 atom stereocenters. The van der Waals surface area contributed by atoms with Gasteiger partial charge >= 0.3 is 0 Å². The van der Waals surface area contributed by atoms with Gasteiger partial charge in [-0.25, -0.2) is 4.98 Å². The van der Waals surface area contributed by atoms with Crippen molar-refractivity contribution in [1.29, 1.82) is 0 Å². The minimum atomic E-state index is 0.0674. The normalized spacial score (nSPS) is 10.5. The zero-order chi connectivity index (χ0) is 10.9. The van der Waals surface area contributed by atoms with E-state index in [9.17, 15) is 0 Å². The molecular weight excluding hydrogens is 214 g/mol. The fraction of sp³-hybridized carbons (Fsp3) is 0.667. The first-order valence-corrected chi connectivity index (χ1v) is 5.81. The van der Waals surface area contributed by atoms with Crippen LogP contribution in [0.4, 0.5) is 5.13 Å². The van der Waals surface area contributed by atoms with Crippen LogP contribution in [-0.2, 0) is 11.2 Å². The molecule has 86 valence electrons. The third kappa shape index (κ3) is 5.08. The number of ether oxygens (including phenoxy) is 1. The molecule has 0 saturated carbocycles. The predicted octanol–water partition coefficient (Wildman–Crippen LogP) is 0.0651. The highest BCUT2D eigenvalue weighted by molar-refractivity contribution is 7.13. The second-order valence-corrected chi connectivity index (χ2v) is 3.80. The SMILES string of the molecule is NCCc1csc(NCCOCCO)n1. The van der Waals surface area contributed by atoms with Crippen LogP contribution >= 0.6 is 11.3 Å². The maximum absolute atomic E-state index is 8.48. The first-order valence-electron chi connectivity index (χ1n) is 4.93. The van der Waals surface area contributed by atoms with Crippen molar-refractivity contribution < 1.29 is 9.84 Å². The lowest BCUT2D eigenvalue weighted by molar-refractivity contribution is 0.0992. The van der Waals surface area contributed by atoms with Gasteiger partial charge in [0.25, 0.3) is 0 Å². The molecule has 0 aromatic carbocycles. The minimum absolute atomic E-state index is 0.0674. The number of hydrogen-bond donors (Lipinski definition) is 3. The summed E-state index contributed by atoms with van der Waals surface area (Å²) in [4.78, 5) is 4.34. The molecule has 6 heteroatoms. The van der Waals surface area contributed by atoms with E-state index in [1.165, 1.54) is 0 Å². The summed E-state index contributed by atoms with van der Waals surface area (Å²) in [6.07, 6.45) is 0.819. The lowest BCUT2D eigenvalue weighted by Gasteiger charge is -2.02. The molecule has 1 heterocycles. The van der Waals surface area contributed by atoms with E-state index >= 15 is 0 Å². The summed E-state index contributed by atoms with van der Waals surface area (Å²) in [6.45, 7) is 2.36. The smallest absolute Gasteiger partial charge is 0.182 e. The van der Waals surface area contributed by atoms with Gasteiger partial charge in [0.05, 0.1) is 25.5 Å². The van der Waals surface area contributed by atoms with Crippen molar-refractivity contribution in [2.75, 3.05) is 38.2 Å². The third-order valence-corrected chi connectivity index (χ3v) is 2.56. The monoisotopic (exact) mass is 231 g/mol. The first-order chi connectivity index (χ1) is 7.36. The average Bonchev–Trinajstić information content (AvgIpc) is 2.66. The van der Waals surface area contributed by atoms with Crippen molar-refractivity contribution in [2.45, 2.75) is 6.42 Å². The molecule has 0 aliphatic carbocycles. The summed E-state index contributed by atoms with van der Waals surface area (Å²) in [6, 6.07) is 0. The third-order valence-electron chi connectivity index (χ3n) is 1.71. The maximum Gasteiger partial charge on any atom is 0.182 e. The largest absolute Gasteiger partial charge is 0.394 e. The van der Waals surface area contributed by atoms with E-state index in [0.29, 0.717) is 26.3 Å². The molecule has 0 aliphatic rings. The van der Waals surface area contributed by atoms with E-state index in [1.54, 1.807) is 11.3 Å². The van der Waals surface area contributed by atoms with Gasteiger partial charge in [-0.2, -0.15) is 0 Å². The Morgan fingerprint density at radius 2 is 2.40 bits per heavy atom. The molecule has 1 aromatic heterocycles. The number of aliphatic hydroxyl groups is 1. The van der Waals surface area contributed by atoms with Gasteiger partial charge in [-0.05, 0) is 6.54 Å². The summed E-state index contributed by atoms with van der Waals surface area (Å²) in [5, 5.41) is 14.5. The Bertz CT molecular complexity index is 268. The summed E-state index contributed by atoms with van der Waals surface area (Å²) >= 11 is 1.57. The number of anilines is 1. The lowest BCUT2D eigenvalue weighted by atomic mass is 10.3. The Balaban J connectivity index is 2.14. The number of hydrogen-bond acceptors (Lipinski definition) is 6. The predicted molar refractivity (Wildman–Crippen MR) is 61.3 cm³/mol. The Morgan fingerprint density at radius 3 is 3.13 bits per heavy atom. The van der Waals surface area contributed by atoms with Gasteiger partial charge in [0.1, 0.15) is 0 Å². The van der Waals surface area contributed by atoms with Gasteiger partial charge in [0, 0.05) is 18.3 Å². The number of aromatic nitrogens is 1. The van der Waals surface area contributed by atoms with Crippen LogP contribution in [0, 0.1) is 0 Å². The Hall–Kier alpha value is -0.690. The molecule has 0 fully saturated rings. The van der Waals surface area contributed by atoms with Gasteiger partial charge in [0.15, 0.2) is 5.13 Å². The molecule has 0 saturated heterocycles. The van der Waals surface area contributed by atoms with E-state index in [0.717, 1.165) is 17.2 Å². The van der Waals surface area contributed by atoms with Crippen LogP contribution in [0.5, 0.6) is 0 Å². The number of rotatable bonds is 8. The molecule has 1 rings (SSSR count). The van der Waals surface area contributed by atoms with Crippen LogP contribution in [0.25, 0.3) is 0 Å². The van der Waals surface area contributed by atoms with Crippen LogP contribution in [0.3, 0.4) is 0 Å². The summed E-state index contributed by atoms with van der Waals surface area (Å²) in [5.74, 6) is 0. The van der Waals surface area contributed by atoms with E-state index in [4.69, 9.17) is 15.6 Å². The summed E-state index contributed by atoms with van der Waals surface area (Å²) < 4.78 is 5.10. The van der Waals surface area contributed by atoms with Crippen molar-refractivity contribution in [3.8, 4) is 0 Å². The van der Waals surface area contributed by atoms with Crippen molar-refractivity contribution in [1.82, 2.24) is 4.98 Å². The van der Waals surface area contributed by atoms with Crippen LogP contribution < -0.4 is 11.1 Å². The molecule has 4 N–H and O–H groups in total. The molecule has 0 radical (unpaired) electrons. The topological polar surface area (TPSA) is 80.4 Å². The zero-order valence-corrected chi connectivity index (χ0v) is 9.42. The number of nitrogens with one attached hydrogen (secondary N) is 1. The Labute approximate surface area is 93.3 Å². The van der Waals surface area contributed by atoms with Gasteiger partial charge < -0.3 is 20.9 Å². The maximum atomic E-state index is 8.48. The molecule has 0 spiro atoms. The molecule has 0 amide bonds. The van der Waals surface area contributed by atoms with Crippen LogP contribution in [0.15, 0.2) is 5.38 Å². The van der Waals surface area contributed by atoms with E-state index in [-0.39, 0.29) is 6.61 Å². The number of thiazole rings is 1. The summed E-state index contributed by atoms with van der Waals surface area (Å²) in [5.41, 5.74) is 6.45.